The summed E-state index contributed by atoms with van der Waals surface area (Å²) in [6.45, 7) is 1.93. The first-order chi connectivity index (χ1) is 4.74. The van der Waals surface area contributed by atoms with E-state index in [4.69, 9.17) is 0 Å². The van der Waals surface area contributed by atoms with E-state index < -0.39 is 0 Å². The molecule has 0 saturated heterocycles. The number of carbonyl (C=O) groups excluding carboxylic acids is 2. The van der Waals surface area contributed by atoms with Gasteiger partial charge in [-0.1, -0.05) is 6.92 Å². The first-order valence-electron chi connectivity index (χ1n) is 3.48. The Hall–Kier alpha value is -0.920. The SMILES string of the molecule is CCC1CC(=O)C=CC1=O. The molecule has 1 atom stereocenters. The molecule has 2 heteroatoms. The highest BCUT2D eigenvalue weighted by molar-refractivity contribution is 6.05. The highest BCUT2D eigenvalue weighted by Crippen LogP contribution is 2.15. The van der Waals surface area contributed by atoms with Crippen LogP contribution in [0.5, 0.6) is 0 Å². The van der Waals surface area contributed by atoms with Crippen molar-refractivity contribution in [1.82, 2.24) is 0 Å². The molecule has 0 aliphatic heterocycles. The summed E-state index contributed by atoms with van der Waals surface area (Å²) in [7, 11) is 0. The molecule has 0 amide bonds. The van der Waals surface area contributed by atoms with E-state index in [-0.39, 0.29) is 17.5 Å². The Morgan fingerprint density at radius 2 is 2.20 bits per heavy atom. The molecular formula is C8H10O2. The fraction of sp³-hybridized carbons (Fsp3) is 0.500. The van der Waals surface area contributed by atoms with Crippen LogP contribution in [0.4, 0.5) is 0 Å². The Bertz CT molecular complexity index is 191. The lowest BCUT2D eigenvalue weighted by molar-refractivity contribution is -0.124. The molecule has 0 saturated carbocycles. The van der Waals surface area contributed by atoms with E-state index >= 15 is 0 Å². The predicted molar refractivity (Wildman–Crippen MR) is 37.6 cm³/mol. The third-order valence-electron chi connectivity index (χ3n) is 1.78. The number of hydrogen-bond donors (Lipinski definition) is 0. The van der Waals surface area contributed by atoms with Gasteiger partial charge in [0.05, 0.1) is 0 Å². The summed E-state index contributed by atoms with van der Waals surface area (Å²) in [4.78, 5) is 21.7. The summed E-state index contributed by atoms with van der Waals surface area (Å²) < 4.78 is 0. The monoisotopic (exact) mass is 138 g/mol. The molecule has 1 aliphatic rings. The Kier molecular flexibility index (Phi) is 2.00. The lowest BCUT2D eigenvalue weighted by Gasteiger charge is -2.11. The molecule has 0 aromatic heterocycles. The van der Waals surface area contributed by atoms with Crippen molar-refractivity contribution >= 4 is 11.6 Å². The fourth-order valence-electron chi connectivity index (χ4n) is 1.07. The molecule has 1 aliphatic carbocycles. The Morgan fingerprint density at radius 3 is 2.70 bits per heavy atom. The van der Waals surface area contributed by atoms with Crippen molar-refractivity contribution in [3.63, 3.8) is 0 Å². The zero-order chi connectivity index (χ0) is 7.56. The number of allylic oxidation sites excluding steroid dienone is 2. The van der Waals surface area contributed by atoms with Gasteiger partial charge in [0.1, 0.15) is 0 Å². The van der Waals surface area contributed by atoms with Gasteiger partial charge in [-0.2, -0.15) is 0 Å². The van der Waals surface area contributed by atoms with Gasteiger partial charge < -0.3 is 0 Å². The van der Waals surface area contributed by atoms with E-state index in [1.165, 1.54) is 12.2 Å². The minimum atomic E-state index is -0.0440. The van der Waals surface area contributed by atoms with Gasteiger partial charge in [0.2, 0.25) is 0 Å². The van der Waals surface area contributed by atoms with Gasteiger partial charge in [-0.15, -0.1) is 0 Å². The van der Waals surface area contributed by atoms with Gasteiger partial charge in [0.15, 0.2) is 11.6 Å². The lowest BCUT2D eigenvalue weighted by atomic mass is 9.90. The van der Waals surface area contributed by atoms with Crippen LogP contribution in [0.3, 0.4) is 0 Å². The van der Waals surface area contributed by atoms with Crippen LogP contribution >= 0.6 is 0 Å². The summed E-state index contributed by atoms with van der Waals surface area (Å²) in [5, 5.41) is 0. The van der Waals surface area contributed by atoms with E-state index in [2.05, 4.69) is 0 Å². The van der Waals surface area contributed by atoms with Crippen molar-refractivity contribution in [1.29, 1.82) is 0 Å². The molecule has 10 heavy (non-hydrogen) atoms. The molecule has 1 rings (SSSR count). The molecular weight excluding hydrogens is 128 g/mol. The second-order valence-electron chi connectivity index (χ2n) is 2.51. The zero-order valence-corrected chi connectivity index (χ0v) is 5.96. The van der Waals surface area contributed by atoms with Crippen molar-refractivity contribution in [2.45, 2.75) is 19.8 Å². The van der Waals surface area contributed by atoms with E-state index in [1.807, 2.05) is 6.92 Å². The van der Waals surface area contributed by atoms with Crippen LogP contribution < -0.4 is 0 Å². The maximum Gasteiger partial charge on any atom is 0.159 e. The number of carbonyl (C=O) groups is 2. The fourth-order valence-corrected chi connectivity index (χ4v) is 1.07. The van der Waals surface area contributed by atoms with Crippen LogP contribution in [-0.4, -0.2) is 11.6 Å². The molecule has 0 heterocycles. The summed E-state index contributed by atoms with van der Waals surface area (Å²) >= 11 is 0. The molecule has 0 aromatic rings. The van der Waals surface area contributed by atoms with E-state index in [1.54, 1.807) is 0 Å². The van der Waals surface area contributed by atoms with Crippen molar-refractivity contribution in [2.75, 3.05) is 0 Å². The Morgan fingerprint density at radius 1 is 1.50 bits per heavy atom. The number of rotatable bonds is 1. The molecule has 0 spiro atoms. The third-order valence-corrected chi connectivity index (χ3v) is 1.78. The van der Waals surface area contributed by atoms with E-state index in [0.717, 1.165) is 6.42 Å². The van der Waals surface area contributed by atoms with Gasteiger partial charge in [0.25, 0.3) is 0 Å². The molecule has 1 unspecified atom stereocenters. The maximum atomic E-state index is 10.9. The van der Waals surface area contributed by atoms with Gasteiger partial charge >= 0.3 is 0 Å². The second-order valence-corrected chi connectivity index (χ2v) is 2.51. The van der Waals surface area contributed by atoms with Crippen LogP contribution in [0.25, 0.3) is 0 Å². The lowest BCUT2D eigenvalue weighted by Crippen LogP contribution is -2.19. The molecule has 0 aromatic carbocycles. The summed E-state index contributed by atoms with van der Waals surface area (Å²) in [6.07, 6.45) is 3.94. The standard InChI is InChI=1S/C8H10O2/c1-2-6-5-7(9)3-4-8(6)10/h3-4,6H,2,5H2,1H3. The predicted octanol–water partition coefficient (Wildman–Crippen LogP) is 1.11. The minimum Gasteiger partial charge on any atom is -0.295 e. The van der Waals surface area contributed by atoms with E-state index in [0.29, 0.717) is 6.42 Å². The first kappa shape index (κ1) is 7.19. The van der Waals surface area contributed by atoms with Crippen molar-refractivity contribution in [3.8, 4) is 0 Å². The van der Waals surface area contributed by atoms with Crippen molar-refractivity contribution in [3.05, 3.63) is 12.2 Å². The Labute approximate surface area is 59.9 Å². The minimum absolute atomic E-state index is 0.0440. The highest BCUT2D eigenvalue weighted by Gasteiger charge is 2.20. The van der Waals surface area contributed by atoms with Crippen molar-refractivity contribution in [2.24, 2.45) is 5.92 Å². The quantitative estimate of drug-likeness (QED) is 0.544. The average molecular weight is 138 g/mol. The Balaban J connectivity index is 2.71. The topological polar surface area (TPSA) is 34.1 Å². The van der Waals surface area contributed by atoms with Gasteiger partial charge in [-0.25, -0.2) is 0 Å². The molecule has 0 N–H and O–H groups in total. The normalized spacial score (nSPS) is 25.5. The van der Waals surface area contributed by atoms with Gasteiger partial charge in [-0.3, -0.25) is 9.59 Å². The van der Waals surface area contributed by atoms with Crippen LogP contribution in [0.1, 0.15) is 19.8 Å². The van der Waals surface area contributed by atoms with Crippen LogP contribution in [0.2, 0.25) is 0 Å². The first-order valence-corrected chi connectivity index (χ1v) is 3.48. The largest absolute Gasteiger partial charge is 0.295 e. The maximum absolute atomic E-state index is 10.9. The summed E-state index contributed by atoms with van der Waals surface area (Å²) in [6, 6.07) is 0. The molecule has 2 nitrogen and oxygen atoms in total. The van der Waals surface area contributed by atoms with E-state index in [9.17, 15) is 9.59 Å². The van der Waals surface area contributed by atoms with Crippen LogP contribution in [-0.2, 0) is 9.59 Å². The highest BCUT2D eigenvalue weighted by atomic mass is 16.1. The smallest absolute Gasteiger partial charge is 0.159 e. The molecule has 54 valence electrons. The number of hydrogen-bond acceptors (Lipinski definition) is 2. The zero-order valence-electron chi connectivity index (χ0n) is 5.96. The van der Waals surface area contributed by atoms with Gasteiger partial charge in [-0.05, 0) is 18.6 Å². The summed E-state index contributed by atoms with van der Waals surface area (Å²) in [5.74, 6) is 0.131. The van der Waals surface area contributed by atoms with Crippen LogP contribution in [0.15, 0.2) is 12.2 Å². The number of ketones is 2. The molecule has 0 bridgehead atoms. The molecule has 0 fully saturated rings. The third kappa shape index (κ3) is 1.32. The second kappa shape index (κ2) is 2.78. The van der Waals surface area contributed by atoms with Gasteiger partial charge in [0, 0.05) is 12.3 Å². The average Bonchev–Trinajstić information content (AvgIpc) is 1.94. The van der Waals surface area contributed by atoms with Crippen molar-refractivity contribution < 1.29 is 9.59 Å². The summed E-state index contributed by atoms with van der Waals surface area (Å²) in [5.41, 5.74) is 0. The van der Waals surface area contributed by atoms with Crippen LogP contribution in [0, 0.1) is 5.92 Å². The molecule has 0 radical (unpaired) electrons.